The maximum absolute atomic E-state index is 3.64. The third-order valence-corrected chi connectivity index (χ3v) is 4.07. The van der Waals surface area contributed by atoms with Crippen LogP contribution in [0.5, 0.6) is 0 Å². The minimum atomic E-state index is 0.665. The fourth-order valence-electron chi connectivity index (χ4n) is 2.36. The molecule has 1 aromatic heterocycles. The molecule has 0 bridgehead atoms. The highest BCUT2D eigenvalue weighted by Gasteiger charge is 2.18. The molecule has 1 saturated heterocycles. The van der Waals surface area contributed by atoms with Gasteiger partial charge in [-0.05, 0) is 51.1 Å². The van der Waals surface area contributed by atoms with Gasteiger partial charge in [0.2, 0.25) is 0 Å². The second-order valence-electron chi connectivity index (χ2n) is 4.91. The van der Waals surface area contributed by atoms with Crippen molar-refractivity contribution in [3.8, 4) is 0 Å². The van der Waals surface area contributed by atoms with Gasteiger partial charge in [0, 0.05) is 29.7 Å². The van der Waals surface area contributed by atoms with Gasteiger partial charge >= 0.3 is 0 Å². The fourth-order valence-corrected chi connectivity index (χ4v) is 2.96. The van der Waals surface area contributed by atoms with Crippen LogP contribution in [0.4, 0.5) is 5.69 Å². The maximum atomic E-state index is 3.64. The predicted molar refractivity (Wildman–Crippen MR) is 72.3 cm³/mol. The summed E-state index contributed by atoms with van der Waals surface area (Å²) in [4.78, 5) is 2.59. The van der Waals surface area contributed by atoms with Crippen molar-refractivity contribution in [3.05, 3.63) is 16.8 Å². The zero-order chi connectivity index (χ0) is 11.4. The van der Waals surface area contributed by atoms with Crippen LogP contribution in [0.3, 0.4) is 0 Å². The monoisotopic (exact) mass is 238 g/mol. The normalized spacial score (nSPS) is 23.3. The molecular weight excluding hydrogens is 216 g/mol. The van der Waals surface area contributed by atoms with Crippen molar-refractivity contribution >= 4 is 17.0 Å². The number of rotatable bonds is 3. The lowest BCUT2D eigenvalue weighted by Gasteiger charge is -2.24. The zero-order valence-electron chi connectivity index (χ0n) is 10.3. The van der Waals surface area contributed by atoms with Crippen molar-refractivity contribution in [1.82, 2.24) is 4.90 Å². The summed E-state index contributed by atoms with van der Waals surface area (Å²) in [6, 6.07) is 3.54. The SMILES string of the molecule is CC(C)N1CCCC(Nc2ccsc2)CC1. The minimum absolute atomic E-state index is 0.665. The molecule has 2 heterocycles. The molecule has 1 aliphatic rings. The molecule has 1 aliphatic heterocycles. The Morgan fingerprint density at radius 2 is 2.25 bits per heavy atom. The lowest BCUT2D eigenvalue weighted by atomic mass is 10.1. The van der Waals surface area contributed by atoms with Crippen molar-refractivity contribution in [1.29, 1.82) is 0 Å². The molecule has 1 fully saturated rings. The number of anilines is 1. The predicted octanol–water partition coefficient (Wildman–Crippen LogP) is 3.42. The summed E-state index contributed by atoms with van der Waals surface area (Å²) in [5, 5.41) is 7.98. The molecule has 0 aromatic carbocycles. The van der Waals surface area contributed by atoms with Gasteiger partial charge in [0.15, 0.2) is 0 Å². The second-order valence-corrected chi connectivity index (χ2v) is 5.69. The number of hydrogen-bond donors (Lipinski definition) is 1. The van der Waals surface area contributed by atoms with Crippen molar-refractivity contribution in [2.75, 3.05) is 18.4 Å². The van der Waals surface area contributed by atoms with E-state index in [1.54, 1.807) is 11.3 Å². The molecule has 0 saturated carbocycles. The van der Waals surface area contributed by atoms with Crippen LogP contribution >= 0.6 is 11.3 Å². The minimum Gasteiger partial charge on any atom is -0.382 e. The molecule has 2 rings (SSSR count). The van der Waals surface area contributed by atoms with Gasteiger partial charge in [-0.3, -0.25) is 0 Å². The van der Waals surface area contributed by atoms with Crippen LogP contribution in [0.25, 0.3) is 0 Å². The molecule has 1 aromatic rings. The third kappa shape index (κ3) is 3.22. The largest absolute Gasteiger partial charge is 0.382 e. The molecule has 1 unspecified atom stereocenters. The van der Waals surface area contributed by atoms with Gasteiger partial charge in [-0.25, -0.2) is 0 Å². The van der Waals surface area contributed by atoms with E-state index >= 15 is 0 Å². The number of nitrogens with one attached hydrogen (secondary N) is 1. The standard InChI is InChI=1S/C13H22N2S/c1-11(2)15-7-3-4-12(5-8-15)14-13-6-9-16-10-13/h6,9-12,14H,3-5,7-8H2,1-2H3. The van der Waals surface area contributed by atoms with E-state index in [-0.39, 0.29) is 0 Å². The smallest absolute Gasteiger partial charge is 0.0450 e. The molecule has 0 amide bonds. The van der Waals surface area contributed by atoms with Gasteiger partial charge < -0.3 is 10.2 Å². The quantitative estimate of drug-likeness (QED) is 0.868. The van der Waals surface area contributed by atoms with E-state index in [0.717, 1.165) is 0 Å². The van der Waals surface area contributed by atoms with Crippen LogP contribution < -0.4 is 5.32 Å². The molecule has 0 aliphatic carbocycles. The van der Waals surface area contributed by atoms with Crippen LogP contribution in [-0.2, 0) is 0 Å². The van der Waals surface area contributed by atoms with E-state index in [0.29, 0.717) is 12.1 Å². The third-order valence-electron chi connectivity index (χ3n) is 3.38. The molecule has 1 atom stereocenters. The summed E-state index contributed by atoms with van der Waals surface area (Å²) in [5.41, 5.74) is 1.30. The second kappa shape index (κ2) is 5.69. The van der Waals surface area contributed by atoms with Crippen molar-refractivity contribution in [3.63, 3.8) is 0 Å². The van der Waals surface area contributed by atoms with Gasteiger partial charge in [-0.1, -0.05) is 0 Å². The zero-order valence-corrected chi connectivity index (χ0v) is 11.1. The molecule has 16 heavy (non-hydrogen) atoms. The molecule has 2 nitrogen and oxygen atoms in total. The first-order valence-corrected chi connectivity index (χ1v) is 7.23. The Hall–Kier alpha value is -0.540. The maximum Gasteiger partial charge on any atom is 0.0450 e. The topological polar surface area (TPSA) is 15.3 Å². The average molecular weight is 238 g/mol. The van der Waals surface area contributed by atoms with Crippen molar-refractivity contribution < 1.29 is 0 Å². The summed E-state index contributed by atoms with van der Waals surface area (Å²) in [5.74, 6) is 0. The summed E-state index contributed by atoms with van der Waals surface area (Å²) in [6.45, 7) is 7.10. The van der Waals surface area contributed by atoms with Crippen LogP contribution in [0, 0.1) is 0 Å². The first-order chi connectivity index (χ1) is 7.75. The number of likely N-dealkylation sites (tertiary alicyclic amines) is 1. The molecule has 1 N–H and O–H groups in total. The van der Waals surface area contributed by atoms with Crippen LogP contribution in [0.15, 0.2) is 16.8 Å². The number of hydrogen-bond acceptors (Lipinski definition) is 3. The Balaban J connectivity index is 1.84. The summed E-state index contributed by atoms with van der Waals surface area (Å²) in [6.07, 6.45) is 3.90. The van der Waals surface area contributed by atoms with Crippen LogP contribution in [-0.4, -0.2) is 30.1 Å². The Morgan fingerprint density at radius 1 is 1.38 bits per heavy atom. The van der Waals surface area contributed by atoms with Crippen molar-refractivity contribution in [2.24, 2.45) is 0 Å². The lowest BCUT2D eigenvalue weighted by Crippen LogP contribution is -2.32. The Morgan fingerprint density at radius 3 is 2.94 bits per heavy atom. The Bertz CT molecular complexity index is 295. The van der Waals surface area contributed by atoms with E-state index < -0.39 is 0 Å². The first kappa shape index (κ1) is 11.9. The van der Waals surface area contributed by atoms with Crippen LogP contribution in [0.2, 0.25) is 0 Å². The van der Waals surface area contributed by atoms with E-state index in [9.17, 15) is 0 Å². The number of thiophene rings is 1. The van der Waals surface area contributed by atoms with Gasteiger partial charge in [0.25, 0.3) is 0 Å². The highest BCUT2D eigenvalue weighted by atomic mass is 32.1. The van der Waals surface area contributed by atoms with E-state index in [1.807, 2.05) is 0 Å². The fraction of sp³-hybridized carbons (Fsp3) is 0.692. The lowest BCUT2D eigenvalue weighted by molar-refractivity contribution is 0.230. The first-order valence-electron chi connectivity index (χ1n) is 6.28. The van der Waals surface area contributed by atoms with Crippen molar-refractivity contribution in [2.45, 2.75) is 45.2 Å². The van der Waals surface area contributed by atoms with Gasteiger partial charge in [-0.2, -0.15) is 11.3 Å². The van der Waals surface area contributed by atoms with Gasteiger partial charge in [-0.15, -0.1) is 0 Å². The van der Waals surface area contributed by atoms with E-state index in [2.05, 4.69) is 40.9 Å². The summed E-state index contributed by atoms with van der Waals surface area (Å²) >= 11 is 1.77. The Kier molecular flexibility index (Phi) is 4.24. The molecule has 90 valence electrons. The molecule has 0 radical (unpaired) electrons. The molecule has 3 heteroatoms. The highest BCUT2D eigenvalue weighted by molar-refractivity contribution is 7.08. The van der Waals surface area contributed by atoms with Gasteiger partial charge in [0.05, 0.1) is 0 Å². The highest BCUT2D eigenvalue weighted by Crippen LogP contribution is 2.19. The molecule has 0 spiro atoms. The average Bonchev–Trinajstić information content (AvgIpc) is 2.63. The Labute approximate surface area is 103 Å². The summed E-state index contributed by atoms with van der Waals surface area (Å²) in [7, 11) is 0. The van der Waals surface area contributed by atoms with Crippen LogP contribution in [0.1, 0.15) is 33.1 Å². The summed E-state index contributed by atoms with van der Waals surface area (Å²) < 4.78 is 0. The van der Waals surface area contributed by atoms with E-state index in [4.69, 9.17) is 0 Å². The van der Waals surface area contributed by atoms with Gasteiger partial charge in [0.1, 0.15) is 0 Å². The molecular formula is C13H22N2S. The van der Waals surface area contributed by atoms with E-state index in [1.165, 1.54) is 38.0 Å². The number of nitrogens with zero attached hydrogens (tertiary/aromatic N) is 1.